The first-order chi connectivity index (χ1) is 22.1. The van der Waals surface area contributed by atoms with E-state index in [0.29, 0.717) is 29.2 Å². The normalized spacial score (nSPS) is 13.9. The molecule has 1 aliphatic rings. The summed E-state index contributed by atoms with van der Waals surface area (Å²) >= 11 is 0. The average molecular weight is 603 g/mol. The highest BCUT2D eigenvalue weighted by Gasteiger charge is 2.27. The van der Waals surface area contributed by atoms with Crippen LogP contribution in [0.3, 0.4) is 0 Å². The molecular weight excluding hydrogens is 568 g/mol. The van der Waals surface area contributed by atoms with Crippen molar-refractivity contribution in [3.05, 3.63) is 111 Å². The van der Waals surface area contributed by atoms with E-state index in [1.54, 1.807) is 11.7 Å². The topological polar surface area (TPSA) is 126 Å². The van der Waals surface area contributed by atoms with E-state index < -0.39 is 5.69 Å². The molecule has 0 atom stereocenters. The van der Waals surface area contributed by atoms with Gasteiger partial charge in [-0.15, -0.1) is 5.10 Å². The summed E-state index contributed by atoms with van der Waals surface area (Å²) in [6.07, 6.45) is 5.44. The van der Waals surface area contributed by atoms with Crippen LogP contribution in [0.5, 0.6) is 0 Å². The van der Waals surface area contributed by atoms with Crippen LogP contribution < -0.4 is 11.2 Å². The van der Waals surface area contributed by atoms with E-state index in [1.165, 1.54) is 11.0 Å². The van der Waals surface area contributed by atoms with Gasteiger partial charge < -0.3 is 9.30 Å². The number of tetrazole rings is 1. The third-order valence-electron chi connectivity index (χ3n) is 8.70. The number of hydrogen-bond acceptors (Lipinski definition) is 7. The number of aromatic amines is 1. The highest BCUT2D eigenvalue weighted by atomic mass is 16.5. The van der Waals surface area contributed by atoms with E-state index in [9.17, 15) is 9.59 Å². The van der Waals surface area contributed by atoms with Crippen molar-refractivity contribution in [1.29, 1.82) is 0 Å². The Kier molecular flexibility index (Phi) is 7.91. The lowest BCUT2D eigenvalue weighted by molar-refractivity contribution is 0.184. The monoisotopic (exact) mass is 602 g/mol. The smallest absolute Gasteiger partial charge is 0.337 e. The number of fused-ring (bicyclic) bond motifs is 1. The summed E-state index contributed by atoms with van der Waals surface area (Å²) in [7, 11) is 1.56. The Balaban J connectivity index is 1.37. The maximum absolute atomic E-state index is 14.1. The first kappa shape index (κ1) is 28.6. The van der Waals surface area contributed by atoms with Crippen LogP contribution in [0.25, 0.3) is 39.4 Å². The van der Waals surface area contributed by atoms with E-state index in [2.05, 4.69) is 49.5 Å². The van der Waals surface area contributed by atoms with Gasteiger partial charge in [0.25, 0.3) is 5.56 Å². The second-order valence-corrected chi connectivity index (χ2v) is 11.5. The van der Waals surface area contributed by atoms with Crippen molar-refractivity contribution < 1.29 is 4.74 Å². The standard InChI is InChI=1S/C34H34N8O3/c1-45-21-20-40-33(43)29-32(42(34(40)44)26-12-6-3-7-13-26)35-31(25-10-4-2-5-11-25)41(29)22-23-16-18-24(19-17-23)27-14-8-9-15-28(27)30-36-38-39-37-30/h3,6-9,12-19,25H,2,4-5,10-11,20-22H2,1H3,(H,36,37,38,39). The van der Waals surface area contributed by atoms with Crippen LogP contribution in [0, 0.1) is 0 Å². The summed E-state index contributed by atoms with van der Waals surface area (Å²) in [5.74, 6) is 1.67. The molecule has 0 unspecified atom stereocenters. The van der Waals surface area contributed by atoms with E-state index >= 15 is 0 Å². The third-order valence-corrected chi connectivity index (χ3v) is 8.70. The van der Waals surface area contributed by atoms with Crippen LogP contribution in [0.2, 0.25) is 0 Å². The molecule has 1 saturated carbocycles. The predicted molar refractivity (Wildman–Crippen MR) is 171 cm³/mol. The second-order valence-electron chi connectivity index (χ2n) is 11.5. The molecule has 6 aromatic rings. The van der Waals surface area contributed by atoms with Crippen molar-refractivity contribution in [2.45, 2.75) is 51.1 Å². The van der Waals surface area contributed by atoms with Crippen LogP contribution >= 0.6 is 0 Å². The second kappa shape index (κ2) is 12.4. The van der Waals surface area contributed by atoms with Gasteiger partial charge >= 0.3 is 5.69 Å². The minimum absolute atomic E-state index is 0.149. The number of aromatic nitrogens is 8. The molecule has 1 N–H and O–H groups in total. The Morgan fingerprint density at radius 1 is 0.867 bits per heavy atom. The largest absolute Gasteiger partial charge is 0.383 e. The Morgan fingerprint density at radius 3 is 2.31 bits per heavy atom. The number of nitrogens with zero attached hydrogens (tertiary/aromatic N) is 7. The Bertz CT molecular complexity index is 2040. The molecule has 3 aromatic heterocycles. The van der Waals surface area contributed by atoms with E-state index in [4.69, 9.17) is 9.72 Å². The number of rotatable bonds is 9. The number of methoxy groups -OCH3 is 1. The van der Waals surface area contributed by atoms with Gasteiger partial charge in [0.05, 0.1) is 18.8 Å². The number of benzene rings is 3. The van der Waals surface area contributed by atoms with Gasteiger partial charge in [-0.3, -0.25) is 9.36 Å². The van der Waals surface area contributed by atoms with Gasteiger partial charge in [0, 0.05) is 25.1 Å². The van der Waals surface area contributed by atoms with Crippen molar-refractivity contribution >= 4 is 11.2 Å². The van der Waals surface area contributed by atoms with Gasteiger partial charge in [0.1, 0.15) is 5.82 Å². The molecule has 3 heterocycles. The minimum atomic E-state index is -0.416. The lowest BCUT2D eigenvalue weighted by atomic mass is 9.88. The van der Waals surface area contributed by atoms with Crippen molar-refractivity contribution in [3.63, 3.8) is 0 Å². The summed E-state index contributed by atoms with van der Waals surface area (Å²) in [6.45, 7) is 0.838. The third kappa shape index (κ3) is 5.40. The van der Waals surface area contributed by atoms with Crippen molar-refractivity contribution in [1.82, 2.24) is 39.3 Å². The average Bonchev–Trinajstić information content (AvgIpc) is 3.75. The first-order valence-electron chi connectivity index (χ1n) is 15.4. The number of nitrogens with one attached hydrogen (secondary N) is 1. The molecule has 0 saturated heterocycles. The summed E-state index contributed by atoms with van der Waals surface area (Å²) < 4.78 is 10.2. The maximum Gasteiger partial charge on any atom is 0.337 e. The Hall–Kier alpha value is -5.16. The number of H-pyrrole nitrogens is 1. The molecule has 11 nitrogen and oxygen atoms in total. The molecule has 0 radical (unpaired) electrons. The highest BCUT2D eigenvalue weighted by Crippen LogP contribution is 2.35. The fraction of sp³-hybridized carbons (Fsp3) is 0.294. The van der Waals surface area contributed by atoms with Gasteiger partial charge in [-0.1, -0.05) is 86.0 Å². The number of hydrogen-bond donors (Lipinski definition) is 1. The molecule has 1 aliphatic carbocycles. The fourth-order valence-corrected chi connectivity index (χ4v) is 6.46. The van der Waals surface area contributed by atoms with E-state index in [0.717, 1.165) is 53.8 Å². The lowest BCUT2D eigenvalue weighted by Crippen LogP contribution is -2.41. The van der Waals surface area contributed by atoms with Gasteiger partial charge in [-0.25, -0.2) is 19.4 Å². The van der Waals surface area contributed by atoms with E-state index in [-0.39, 0.29) is 24.6 Å². The number of para-hydroxylation sites is 1. The molecule has 7 rings (SSSR count). The number of ether oxygens (including phenoxy) is 1. The molecule has 11 heteroatoms. The summed E-state index contributed by atoms with van der Waals surface area (Å²) in [5.41, 5.74) is 4.70. The molecule has 0 spiro atoms. The fourth-order valence-electron chi connectivity index (χ4n) is 6.46. The molecule has 1 fully saturated rings. The first-order valence-corrected chi connectivity index (χ1v) is 15.4. The van der Waals surface area contributed by atoms with Crippen LogP contribution in [0.15, 0.2) is 88.5 Å². The zero-order chi connectivity index (χ0) is 30.8. The minimum Gasteiger partial charge on any atom is -0.383 e. The van der Waals surface area contributed by atoms with Gasteiger partial charge in [-0.05, 0) is 52.1 Å². The van der Waals surface area contributed by atoms with Crippen LogP contribution in [0.1, 0.15) is 49.4 Å². The Labute approximate surface area is 259 Å². The zero-order valence-corrected chi connectivity index (χ0v) is 25.1. The quantitative estimate of drug-likeness (QED) is 0.249. The summed E-state index contributed by atoms with van der Waals surface area (Å²) in [4.78, 5) is 33.1. The van der Waals surface area contributed by atoms with Gasteiger partial charge in [-0.2, -0.15) is 0 Å². The lowest BCUT2D eigenvalue weighted by Gasteiger charge is -2.22. The predicted octanol–water partition coefficient (Wildman–Crippen LogP) is 4.94. The Morgan fingerprint density at radius 2 is 1.60 bits per heavy atom. The highest BCUT2D eigenvalue weighted by molar-refractivity contribution is 5.80. The molecule has 0 bridgehead atoms. The zero-order valence-electron chi connectivity index (χ0n) is 25.1. The van der Waals surface area contributed by atoms with Crippen LogP contribution in [0.4, 0.5) is 0 Å². The SMILES string of the molecule is COCCn1c(=O)c2c(nc(C3CCCCC3)n2Cc2ccc(-c3ccccc3-c3nnn[nH]3)cc2)n(-c2ccccc2)c1=O. The van der Waals surface area contributed by atoms with Crippen molar-refractivity contribution in [3.8, 4) is 28.2 Å². The molecule has 45 heavy (non-hydrogen) atoms. The maximum atomic E-state index is 14.1. The molecule has 0 amide bonds. The van der Waals surface area contributed by atoms with Crippen molar-refractivity contribution in [2.24, 2.45) is 0 Å². The molecular formula is C34H34N8O3. The van der Waals surface area contributed by atoms with Crippen LogP contribution in [-0.2, 0) is 17.8 Å². The van der Waals surface area contributed by atoms with Gasteiger partial charge in [0.15, 0.2) is 17.0 Å². The molecule has 3 aromatic carbocycles. The summed E-state index contributed by atoms with van der Waals surface area (Å²) in [6, 6.07) is 25.7. The molecule has 228 valence electrons. The van der Waals surface area contributed by atoms with E-state index in [1.807, 2.05) is 54.6 Å². The van der Waals surface area contributed by atoms with Gasteiger partial charge in [0.2, 0.25) is 0 Å². The molecule has 0 aliphatic heterocycles. The van der Waals surface area contributed by atoms with Crippen LogP contribution in [-0.4, -0.2) is 53.0 Å². The summed E-state index contributed by atoms with van der Waals surface area (Å²) in [5, 5.41) is 14.4. The van der Waals surface area contributed by atoms with Crippen molar-refractivity contribution in [2.75, 3.05) is 13.7 Å². The number of imidazole rings is 1.